The van der Waals surface area contributed by atoms with Crippen molar-refractivity contribution in [1.29, 1.82) is 0 Å². The van der Waals surface area contributed by atoms with Crippen LogP contribution in [-0.4, -0.2) is 54.0 Å². The van der Waals surface area contributed by atoms with Crippen LogP contribution in [0, 0.1) is 12.3 Å². The van der Waals surface area contributed by atoms with Gasteiger partial charge in [-0.15, -0.1) is 6.42 Å². The van der Waals surface area contributed by atoms with Crippen LogP contribution >= 0.6 is 0 Å². The van der Waals surface area contributed by atoms with Crippen LogP contribution in [0.2, 0.25) is 0 Å². The Morgan fingerprint density at radius 2 is 1.71 bits per heavy atom. The molecule has 0 unspecified atom stereocenters. The van der Waals surface area contributed by atoms with Gasteiger partial charge in [0.1, 0.15) is 5.54 Å². The van der Waals surface area contributed by atoms with Crippen molar-refractivity contribution in [3.8, 4) is 12.3 Å². The van der Waals surface area contributed by atoms with Crippen LogP contribution in [0.5, 0.6) is 0 Å². The predicted molar refractivity (Wildman–Crippen MR) is 98.4 cm³/mol. The summed E-state index contributed by atoms with van der Waals surface area (Å²) in [5.74, 6) is 2.79. The molecule has 1 amide bonds. The maximum Gasteiger partial charge on any atom is 0.235 e. The number of carbonyl (C=O) groups excluding carboxylic acids is 1. The second kappa shape index (κ2) is 8.86. The number of nitrogens with one attached hydrogen (secondary N) is 1. The zero-order chi connectivity index (χ0) is 17.4. The summed E-state index contributed by atoms with van der Waals surface area (Å²) in [5, 5.41) is 3.05. The Labute approximate surface area is 146 Å². The second-order valence-corrected chi connectivity index (χ2v) is 6.52. The minimum atomic E-state index is -0.494. The molecule has 1 aliphatic rings. The van der Waals surface area contributed by atoms with Gasteiger partial charge in [0.2, 0.25) is 5.91 Å². The van der Waals surface area contributed by atoms with E-state index in [2.05, 4.69) is 45.3 Å². The largest absolute Gasteiger partial charge is 0.339 e. The fourth-order valence-corrected chi connectivity index (χ4v) is 3.12. The van der Waals surface area contributed by atoms with Crippen molar-refractivity contribution in [3.05, 3.63) is 35.9 Å². The van der Waals surface area contributed by atoms with E-state index >= 15 is 0 Å². The van der Waals surface area contributed by atoms with Gasteiger partial charge in [0, 0.05) is 32.7 Å². The van der Waals surface area contributed by atoms with Gasteiger partial charge in [-0.3, -0.25) is 14.6 Å². The lowest BCUT2D eigenvalue weighted by atomic mass is 9.94. The van der Waals surface area contributed by atoms with Gasteiger partial charge in [0.15, 0.2) is 0 Å². The summed E-state index contributed by atoms with van der Waals surface area (Å²) in [4.78, 5) is 17.0. The number of benzene rings is 1. The van der Waals surface area contributed by atoms with Gasteiger partial charge in [0.05, 0.1) is 6.54 Å². The average Bonchev–Trinajstić information content (AvgIpc) is 2.62. The first-order chi connectivity index (χ1) is 11.6. The van der Waals surface area contributed by atoms with Gasteiger partial charge in [-0.05, 0) is 18.4 Å². The van der Waals surface area contributed by atoms with Gasteiger partial charge >= 0.3 is 0 Å². The first-order valence-corrected chi connectivity index (χ1v) is 8.88. The van der Waals surface area contributed by atoms with Crippen LogP contribution in [0.1, 0.15) is 32.3 Å². The highest BCUT2D eigenvalue weighted by Crippen LogP contribution is 2.14. The van der Waals surface area contributed by atoms with Crippen LogP contribution in [0.15, 0.2) is 30.3 Å². The molecular weight excluding hydrogens is 298 g/mol. The molecule has 4 nitrogen and oxygen atoms in total. The zero-order valence-corrected chi connectivity index (χ0v) is 14.9. The first-order valence-electron chi connectivity index (χ1n) is 8.88. The topological polar surface area (TPSA) is 35.6 Å². The highest BCUT2D eigenvalue weighted by molar-refractivity contribution is 5.79. The number of hydrogen-bond acceptors (Lipinski definition) is 3. The van der Waals surface area contributed by atoms with Crippen LogP contribution in [0.4, 0.5) is 0 Å². The molecule has 1 aromatic carbocycles. The molecule has 24 heavy (non-hydrogen) atoms. The fraction of sp³-hybridized carbons (Fsp3) is 0.550. The van der Waals surface area contributed by atoms with Gasteiger partial charge in [-0.2, -0.15) is 0 Å². The van der Waals surface area contributed by atoms with Crippen LogP contribution < -0.4 is 5.32 Å². The molecule has 1 heterocycles. The summed E-state index contributed by atoms with van der Waals surface area (Å²) in [6.07, 6.45) is 7.14. The van der Waals surface area contributed by atoms with Crippen molar-refractivity contribution in [1.82, 2.24) is 15.1 Å². The Morgan fingerprint density at radius 1 is 1.12 bits per heavy atom. The molecule has 1 saturated heterocycles. The van der Waals surface area contributed by atoms with E-state index in [4.69, 9.17) is 6.42 Å². The van der Waals surface area contributed by atoms with E-state index in [0.717, 1.165) is 45.6 Å². The Bertz CT molecular complexity index is 552. The van der Waals surface area contributed by atoms with Gasteiger partial charge in [-0.25, -0.2) is 0 Å². The van der Waals surface area contributed by atoms with Crippen LogP contribution in [-0.2, 0) is 11.3 Å². The van der Waals surface area contributed by atoms with Crippen molar-refractivity contribution in [2.45, 2.75) is 38.8 Å². The lowest BCUT2D eigenvalue weighted by Crippen LogP contribution is -2.53. The third kappa shape index (κ3) is 5.09. The Balaban J connectivity index is 1.76. The Hall–Kier alpha value is -1.83. The maximum absolute atomic E-state index is 12.3. The lowest BCUT2D eigenvalue weighted by molar-refractivity contribution is -0.124. The smallest absolute Gasteiger partial charge is 0.235 e. The minimum Gasteiger partial charge on any atom is -0.339 e. The fourth-order valence-electron chi connectivity index (χ4n) is 3.12. The lowest BCUT2D eigenvalue weighted by Gasteiger charge is -2.35. The number of rotatable bonds is 7. The molecule has 1 fully saturated rings. The highest BCUT2D eigenvalue weighted by Gasteiger charge is 2.27. The normalized spacial score (nSPS) is 16.5. The Kier molecular flexibility index (Phi) is 6.84. The molecule has 0 saturated carbocycles. The number of hydrogen-bond donors (Lipinski definition) is 1. The van der Waals surface area contributed by atoms with Gasteiger partial charge in [0.25, 0.3) is 0 Å². The van der Waals surface area contributed by atoms with E-state index < -0.39 is 5.54 Å². The monoisotopic (exact) mass is 327 g/mol. The maximum atomic E-state index is 12.3. The van der Waals surface area contributed by atoms with Crippen LogP contribution in [0.3, 0.4) is 0 Å². The number of nitrogens with zero attached hydrogens (tertiary/aromatic N) is 2. The number of carbonyl (C=O) groups is 1. The van der Waals surface area contributed by atoms with Crippen molar-refractivity contribution < 1.29 is 4.79 Å². The van der Waals surface area contributed by atoms with Gasteiger partial charge < -0.3 is 5.32 Å². The van der Waals surface area contributed by atoms with Crippen molar-refractivity contribution in [2.75, 3.05) is 32.7 Å². The van der Waals surface area contributed by atoms with E-state index in [1.807, 2.05) is 19.9 Å². The zero-order valence-electron chi connectivity index (χ0n) is 14.9. The quantitative estimate of drug-likeness (QED) is 0.779. The average molecular weight is 327 g/mol. The van der Waals surface area contributed by atoms with E-state index in [9.17, 15) is 4.79 Å². The highest BCUT2D eigenvalue weighted by atomic mass is 16.2. The van der Waals surface area contributed by atoms with E-state index in [0.29, 0.717) is 6.54 Å². The predicted octanol–water partition coefficient (Wildman–Crippen LogP) is 2.11. The molecule has 0 radical (unpaired) electrons. The van der Waals surface area contributed by atoms with Crippen LogP contribution in [0.25, 0.3) is 0 Å². The summed E-state index contributed by atoms with van der Waals surface area (Å²) < 4.78 is 0. The van der Waals surface area contributed by atoms with Crippen molar-refractivity contribution >= 4 is 5.91 Å². The number of amides is 1. The SMILES string of the molecule is C#CC(CC)(CC)NC(=O)CN1CCN(Cc2ccccc2)CC1. The molecule has 1 aliphatic heterocycles. The standard InChI is InChI=1S/C20H29N3O/c1-4-20(5-2,6-3)21-19(24)17-23-14-12-22(13-15-23)16-18-10-8-7-9-11-18/h1,7-11H,5-6,12-17H2,2-3H3,(H,21,24). The second-order valence-electron chi connectivity index (χ2n) is 6.52. The number of terminal acetylenes is 1. The molecular formula is C20H29N3O. The molecule has 0 aliphatic carbocycles. The molecule has 2 rings (SSSR count). The first kappa shape index (κ1) is 18.5. The molecule has 0 bridgehead atoms. The summed E-state index contributed by atoms with van der Waals surface area (Å²) in [7, 11) is 0. The summed E-state index contributed by atoms with van der Waals surface area (Å²) in [6.45, 7) is 9.27. The molecule has 130 valence electrons. The molecule has 1 aromatic rings. The third-order valence-corrected chi connectivity index (χ3v) is 4.94. The molecule has 4 heteroatoms. The third-order valence-electron chi connectivity index (χ3n) is 4.94. The number of piperazine rings is 1. The molecule has 1 N–H and O–H groups in total. The Morgan fingerprint density at radius 3 is 2.25 bits per heavy atom. The van der Waals surface area contributed by atoms with Gasteiger partial charge in [-0.1, -0.05) is 50.1 Å². The summed E-state index contributed by atoms with van der Waals surface area (Å²) in [5.41, 5.74) is 0.847. The molecule has 0 spiro atoms. The van der Waals surface area contributed by atoms with E-state index in [1.165, 1.54) is 5.56 Å². The molecule has 0 aromatic heterocycles. The van der Waals surface area contributed by atoms with E-state index in [1.54, 1.807) is 0 Å². The van der Waals surface area contributed by atoms with E-state index in [-0.39, 0.29) is 5.91 Å². The summed E-state index contributed by atoms with van der Waals surface area (Å²) in [6, 6.07) is 10.5. The van der Waals surface area contributed by atoms with Crippen molar-refractivity contribution in [2.24, 2.45) is 0 Å². The van der Waals surface area contributed by atoms with Crippen molar-refractivity contribution in [3.63, 3.8) is 0 Å². The summed E-state index contributed by atoms with van der Waals surface area (Å²) >= 11 is 0. The minimum absolute atomic E-state index is 0.0353. The molecule has 0 atom stereocenters.